The van der Waals surface area contributed by atoms with Gasteiger partial charge >= 0.3 is 17.9 Å². The second-order valence-corrected chi connectivity index (χ2v) is 6.69. The Morgan fingerprint density at radius 2 is 1.71 bits per heavy atom. The van der Waals surface area contributed by atoms with Gasteiger partial charge in [-0.05, 0) is 12.5 Å². The number of rotatable bonds is 7. The van der Waals surface area contributed by atoms with Crippen LogP contribution in [0.1, 0.15) is 18.4 Å². The summed E-state index contributed by atoms with van der Waals surface area (Å²) in [5, 5.41) is 11.3. The lowest BCUT2D eigenvalue weighted by Crippen LogP contribution is -2.39. The number of methoxy groups -OCH3 is 3. The zero-order chi connectivity index (χ0) is 23.3. The van der Waals surface area contributed by atoms with Crippen LogP contribution >= 0.6 is 11.6 Å². The Kier molecular flexibility index (Phi) is 7.76. The van der Waals surface area contributed by atoms with Gasteiger partial charge in [0.1, 0.15) is 6.54 Å². The standard InChI is InChI=1S/C20H21ClN2O8/c1-11-16(19(25)30-3)17(12-6-5-7-13(8-12)23(27)28)18(20(26)31-4)14(9-21)22(11)10-15(24)29-2/h5-8,17H,9-10H2,1-4H3. The lowest BCUT2D eigenvalue weighted by atomic mass is 9.79. The third-order valence-electron chi connectivity index (χ3n) is 4.88. The molecule has 0 N–H and O–H groups in total. The number of esters is 3. The fraction of sp³-hybridized carbons (Fsp3) is 0.350. The van der Waals surface area contributed by atoms with E-state index in [0.29, 0.717) is 0 Å². The number of ether oxygens (including phenoxy) is 3. The van der Waals surface area contributed by atoms with Gasteiger partial charge < -0.3 is 19.1 Å². The van der Waals surface area contributed by atoms with Crippen molar-refractivity contribution < 1.29 is 33.5 Å². The Balaban J connectivity index is 2.88. The highest BCUT2D eigenvalue weighted by Gasteiger charge is 2.42. The summed E-state index contributed by atoms with van der Waals surface area (Å²) in [4.78, 5) is 49.7. The van der Waals surface area contributed by atoms with Gasteiger partial charge in [0, 0.05) is 23.5 Å². The molecule has 1 aromatic rings. The van der Waals surface area contributed by atoms with Gasteiger partial charge in [-0.3, -0.25) is 14.9 Å². The smallest absolute Gasteiger partial charge is 0.336 e. The largest absolute Gasteiger partial charge is 0.468 e. The molecule has 1 unspecified atom stereocenters. The molecule has 1 aliphatic heterocycles. The van der Waals surface area contributed by atoms with Crippen molar-refractivity contribution in [2.45, 2.75) is 12.8 Å². The Morgan fingerprint density at radius 1 is 1.10 bits per heavy atom. The number of benzene rings is 1. The molecular weight excluding hydrogens is 432 g/mol. The van der Waals surface area contributed by atoms with Gasteiger partial charge in [0.25, 0.3) is 5.69 Å². The van der Waals surface area contributed by atoms with Crippen molar-refractivity contribution in [1.29, 1.82) is 0 Å². The van der Waals surface area contributed by atoms with Crippen LogP contribution in [0.2, 0.25) is 0 Å². The summed E-state index contributed by atoms with van der Waals surface area (Å²) in [6, 6.07) is 5.52. The van der Waals surface area contributed by atoms with E-state index in [9.17, 15) is 24.5 Å². The summed E-state index contributed by atoms with van der Waals surface area (Å²) in [7, 11) is 3.51. The molecule has 1 aromatic carbocycles. The number of halogens is 1. The first kappa shape index (κ1) is 23.9. The number of non-ortho nitro benzene ring substituents is 1. The van der Waals surface area contributed by atoms with Gasteiger partial charge in [0.2, 0.25) is 0 Å². The fourth-order valence-electron chi connectivity index (χ4n) is 3.44. The van der Waals surface area contributed by atoms with E-state index in [4.69, 9.17) is 25.8 Å². The molecule has 10 nitrogen and oxygen atoms in total. The summed E-state index contributed by atoms with van der Waals surface area (Å²) < 4.78 is 14.6. The van der Waals surface area contributed by atoms with E-state index in [-0.39, 0.29) is 46.2 Å². The van der Waals surface area contributed by atoms with Crippen LogP contribution in [-0.4, -0.2) is 61.5 Å². The monoisotopic (exact) mass is 452 g/mol. The number of hydrogen-bond acceptors (Lipinski definition) is 9. The number of hydrogen-bond donors (Lipinski definition) is 0. The molecule has 1 aliphatic rings. The van der Waals surface area contributed by atoms with Gasteiger partial charge in [0.05, 0.1) is 49.2 Å². The second-order valence-electron chi connectivity index (χ2n) is 6.42. The summed E-state index contributed by atoms with van der Waals surface area (Å²) in [5.41, 5.74) is 0.536. The van der Waals surface area contributed by atoms with Crippen LogP contribution in [-0.2, 0) is 28.6 Å². The molecule has 0 aromatic heterocycles. The molecule has 1 atom stereocenters. The van der Waals surface area contributed by atoms with Gasteiger partial charge in [-0.1, -0.05) is 12.1 Å². The molecule has 0 spiro atoms. The van der Waals surface area contributed by atoms with Crippen molar-refractivity contribution in [2.24, 2.45) is 0 Å². The van der Waals surface area contributed by atoms with Crippen molar-refractivity contribution in [2.75, 3.05) is 33.8 Å². The lowest BCUT2D eigenvalue weighted by molar-refractivity contribution is -0.384. The molecule has 31 heavy (non-hydrogen) atoms. The SMILES string of the molecule is COC(=O)CN1C(C)=C(C(=O)OC)C(c2cccc([N+](=O)[O-])c2)C(C(=O)OC)=C1CCl. The zero-order valence-corrected chi connectivity index (χ0v) is 18.1. The summed E-state index contributed by atoms with van der Waals surface area (Å²) in [6.07, 6.45) is 0. The Morgan fingerprint density at radius 3 is 2.23 bits per heavy atom. The van der Waals surface area contributed by atoms with E-state index in [0.717, 1.165) is 14.2 Å². The number of carbonyl (C=O) groups is 3. The first-order valence-corrected chi connectivity index (χ1v) is 9.50. The maximum Gasteiger partial charge on any atom is 0.336 e. The van der Waals surface area contributed by atoms with Crippen molar-refractivity contribution in [3.8, 4) is 0 Å². The minimum absolute atomic E-state index is 0.0150. The first-order valence-electron chi connectivity index (χ1n) is 8.96. The summed E-state index contributed by atoms with van der Waals surface area (Å²) in [6.45, 7) is 1.23. The minimum Gasteiger partial charge on any atom is -0.468 e. The highest BCUT2D eigenvalue weighted by atomic mass is 35.5. The zero-order valence-electron chi connectivity index (χ0n) is 17.3. The molecule has 2 rings (SSSR count). The van der Waals surface area contributed by atoms with E-state index < -0.39 is 28.7 Å². The average molecular weight is 453 g/mol. The predicted molar refractivity (Wildman–Crippen MR) is 109 cm³/mol. The maximum absolute atomic E-state index is 12.8. The molecule has 0 fully saturated rings. The van der Waals surface area contributed by atoms with Gasteiger partial charge in [-0.25, -0.2) is 9.59 Å². The van der Waals surface area contributed by atoms with E-state index in [1.807, 2.05) is 0 Å². The van der Waals surface area contributed by atoms with E-state index >= 15 is 0 Å². The first-order chi connectivity index (χ1) is 14.7. The van der Waals surface area contributed by atoms with E-state index in [2.05, 4.69) is 0 Å². The van der Waals surface area contributed by atoms with Crippen LogP contribution < -0.4 is 0 Å². The van der Waals surface area contributed by atoms with Crippen LogP contribution in [0.3, 0.4) is 0 Å². The number of allylic oxidation sites excluding steroid dienone is 2. The second kappa shape index (κ2) is 10.1. The molecule has 0 amide bonds. The third-order valence-corrected chi connectivity index (χ3v) is 5.13. The molecule has 1 heterocycles. The number of nitro benzene ring substituents is 1. The highest BCUT2D eigenvalue weighted by molar-refractivity contribution is 6.20. The molecule has 0 aliphatic carbocycles. The fourth-order valence-corrected chi connectivity index (χ4v) is 3.73. The van der Waals surface area contributed by atoms with Gasteiger partial charge in [0.15, 0.2) is 0 Å². The number of nitro groups is 1. The molecule has 0 saturated carbocycles. The van der Waals surface area contributed by atoms with E-state index in [1.165, 1.54) is 30.2 Å². The van der Waals surface area contributed by atoms with E-state index in [1.54, 1.807) is 13.0 Å². The molecular formula is C20H21ClN2O8. The number of alkyl halides is 1. The van der Waals surface area contributed by atoms with Crippen LogP contribution in [0.4, 0.5) is 5.69 Å². The van der Waals surface area contributed by atoms with Crippen molar-refractivity contribution >= 4 is 35.2 Å². The van der Waals surface area contributed by atoms with Crippen LogP contribution in [0.25, 0.3) is 0 Å². The van der Waals surface area contributed by atoms with Crippen LogP contribution in [0, 0.1) is 10.1 Å². The normalized spacial score (nSPS) is 16.2. The maximum atomic E-state index is 12.8. The Hall–Kier alpha value is -3.40. The lowest BCUT2D eigenvalue weighted by Gasteiger charge is -2.37. The summed E-state index contributed by atoms with van der Waals surface area (Å²) >= 11 is 6.15. The topological polar surface area (TPSA) is 125 Å². The van der Waals surface area contributed by atoms with Crippen molar-refractivity contribution in [3.63, 3.8) is 0 Å². The number of nitrogens with zero attached hydrogens (tertiary/aromatic N) is 2. The molecule has 166 valence electrons. The minimum atomic E-state index is -1.07. The van der Waals surface area contributed by atoms with Crippen LogP contribution in [0.15, 0.2) is 46.8 Å². The molecule has 0 radical (unpaired) electrons. The molecule has 0 bridgehead atoms. The third kappa shape index (κ3) is 4.69. The Bertz CT molecular complexity index is 985. The quantitative estimate of drug-likeness (QED) is 0.201. The van der Waals surface area contributed by atoms with Gasteiger partial charge in [-0.2, -0.15) is 0 Å². The van der Waals surface area contributed by atoms with Gasteiger partial charge in [-0.15, -0.1) is 11.6 Å². The van der Waals surface area contributed by atoms with Crippen molar-refractivity contribution in [3.05, 3.63) is 62.5 Å². The Labute approximate surface area is 183 Å². The predicted octanol–water partition coefficient (Wildman–Crippen LogP) is 2.28. The number of carbonyl (C=O) groups excluding carboxylic acids is 3. The molecule has 0 saturated heterocycles. The van der Waals surface area contributed by atoms with Crippen molar-refractivity contribution in [1.82, 2.24) is 4.90 Å². The molecule has 11 heteroatoms. The highest BCUT2D eigenvalue weighted by Crippen LogP contribution is 2.43. The van der Waals surface area contributed by atoms with Crippen LogP contribution in [0.5, 0.6) is 0 Å². The average Bonchev–Trinajstić information content (AvgIpc) is 2.78. The summed E-state index contributed by atoms with van der Waals surface area (Å²) in [5.74, 6) is -3.50.